The second-order valence-corrected chi connectivity index (χ2v) is 7.15. The Hall–Kier alpha value is -2.07. The van der Waals surface area contributed by atoms with E-state index in [4.69, 9.17) is 11.6 Å². The van der Waals surface area contributed by atoms with Crippen LogP contribution in [0.5, 0.6) is 0 Å². The highest BCUT2D eigenvalue weighted by atomic mass is 35.5. The van der Waals surface area contributed by atoms with E-state index in [1.165, 1.54) is 5.56 Å². The molecule has 0 saturated carbocycles. The first kappa shape index (κ1) is 17.7. The molecule has 0 unspecified atom stereocenters. The van der Waals surface area contributed by atoms with Gasteiger partial charge in [0.15, 0.2) is 0 Å². The van der Waals surface area contributed by atoms with Crippen molar-refractivity contribution >= 4 is 23.2 Å². The molecule has 1 saturated heterocycles. The number of nitrogens with one attached hydrogen (secondary N) is 1. The second kappa shape index (κ2) is 8.34. The number of pyridine rings is 1. The van der Waals surface area contributed by atoms with Crippen molar-refractivity contribution in [2.75, 3.05) is 25.0 Å². The molecule has 1 fully saturated rings. The van der Waals surface area contributed by atoms with E-state index in [0.29, 0.717) is 11.6 Å². The molecule has 1 N–H and O–H groups in total. The summed E-state index contributed by atoms with van der Waals surface area (Å²) in [6.07, 6.45) is 4.80. The zero-order valence-corrected chi connectivity index (χ0v) is 15.3. The number of hydrogen-bond acceptors (Lipinski definition) is 3. The lowest BCUT2D eigenvalue weighted by Crippen LogP contribution is -2.38. The van der Waals surface area contributed by atoms with Crippen LogP contribution in [0.3, 0.4) is 0 Å². The number of rotatable bonds is 5. The lowest BCUT2D eigenvalue weighted by atomic mass is 9.99. The first-order chi connectivity index (χ1) is 12.1. The molecule has 4 nitrogen and oxygen atoms in total. The highest BCUT2D eigenvalue weighted by molar-refractivity contribution is 6.30. The molecular formula is C20H24ClN3O. The Morgan fingerprint density at radius 1 is 1.20 bits per heavy atom. The summed E-state index contributed by atoms with van der Waals surface area (Å²) in [7, 11) is 0. The van der Waals surface area contributed by atoms with Crippen LogP contribution in [0.15, 0.2) is 42.6 Å². The smallest absolute Gasteiger partial charge is 0.272 e. The highest BCUT2D eigenvalue weighted by Gasteiger charge is 2.22. The number of nitrogens with zero attached hydrogens (tertiary/aromatic N) is 2. The van der Waals surface area contributed by atoms with Gasteiger partial charge in [0, 0.05) is 24.7 Å². The molecule has 1 amide bonds. The minimum Gasteiger partial charge on any atom is -0.383 e. The number of halogens is 1. The molecule has 25 heavy (non-hydrogen) atoms. The Kier molecular flexibility index (Phi) is 5.92. The number of carbonyl (C=O) groups excluding carboxylic acids is 1. The van der Waals surface area contributed by atoms with Crippen molar-refractivity contribution in [2.45, 2.75) is 26.2 Å². The number of piperidine rings is 1. The monoisotopic (exact) mass is 357 g/mol. The van der Waals surface area contributed by atoms with Crippen LogP contribution in [0, 0.1) is 5.92 Å². The topological polar surface area (TPSA) is 45.2 Å². The fourth-order valence-corrected chi connectivity index (χ4v) is 3.13. The van der Waals surface area contributed by atoms with Crippen LogP contribution in [-0.2, 0) is 6.42 Å². The fourth-order valence-electron chi connectivity index (χ4n) is 3.00. The third-order valence-corrected chi connectivity index (χ3v) is 4.96. The summed E-state index contributed by atoms with van der Waals surface area (Å²) in [6, 6.07) is 11.6. The largest absolute Gasteiger partial charge is 0.383 e. The number of hydrogen-bond donors (Lipinski definition) is 1. The van der Waals surface area contributed by atoms with Gasteiger partial charge in [-0.3, -0.25) is 4.79 Å². The van der Waals surface area contributed by atoms with Crippen LogP contribution in [0.25, 0.3) is 0 Å². The predicted octanol–water partition coefficient (Wildman–Crippen LogP) is 4.26. The van der Waals surface area contributed by atoms with Crippen molar-refractivity contribution in [3.05, 3.63) is 58.9 Å². The first-order valence-electron chi connectivity index (χ1n) is 8.85. The normalized spacial score (nSPS) is 15.2. The molecule has 0 radical (unpaired) electrons. The van der Waals surface area contributed by atoms with Gasteiger partial charge in [-0.25, -0.2) is 4.98 Å². The van der Waals surface area contributed by atoms with Gasteiger partial charge in [-0.05, 0) is 55.0 Å². The van der Waals surface area contributed by atoms with E-state index in [1.54, 1.807) is 6.20 Å². The van der Waals surface area contributed by atoms with E-state index >= 15 is 0 Å². The zero-order valence-electron chi connectivity index (χ0n) is 14.5. The average molecular weight is 358 g/mol. The van der Waals surface area contributed by atoms with Crippen molar-refractivity contribution in [1.29, 1.82) is 0 Å². The Morgan fingerprint density at radius 2 is 1.92 bits per heavy atom. The van der Waals surface area contributed by atoms with Crippen LogP contribution in [0.2, 0.25) is 5.02 Å². The van der Waals surface area contributed by atoms with Gasteiger partial charge >= 0.3 is 0 Å². The molecule has 2 heterocycles. The summed E-state index contributed by atoms with van der Waals surface area (Å²) in [4.78, 5) is 18.7. The van der Waals surface area contributed by atoms with E-state index in [1.807, 2.05) is 41.3 Å². The molecule has 0 spiro atoms. The SMILES string of the molecule is CC1CCN(C(=O)c2ccc(NCCc3ccc(Cl)cc3)cn2)CC1. The van der Waals surface area contributed by atoms with Crippen LogP contribution in [0.1, 0.15) is 35.8 Å². The minimum atomic E-state index is 0.0413. The van der Waals surface area contributed by atoms with Gasteiger partial charge < -0.3 is 10.2 Å². The Morgan fingerprint density at radius 3 is 2.56 bits per heavy atom. The fraction of sp³-hybridized carbons (Fsp3) is 0.400. The zero-order chi connectivity index (χ0) is 17.6. The summed E-state index contributed by atoms with van der Waals surface area (Å²) in [5, 5.41) is 4.09. The average Bonchev–Trinajstić information content (AvgIpc) is 2.64. The van der Waals surface area contributed by atoms with Gasteiger partial charge in [-0.1, -0.05) is 30.7 Å². The molecule has 5 heteroatoms. The van der Waals surface area contributed by atoms with E-state index in [2.05, 4.69) is 17.2 Å². The summed E-state index contributed by atoms with van der Waals surface area (Å²) in [5.41, 5.74) is 2.69. The summed E-state index contributed by atoms with van der Waals surface area (Å²) in [5.74, 6) is 0.754. The van der Waals surface area contributed by atoms with Gasteiger partial charge in [0.2, 0.25) is 0 Å². The molecule has 1 aliphatic heterocycles. The van der Waals surface area contributed by atoms with Gasteiger partial charge in [0.05, 0.1) is 11.9 Å². The third kappa shape index (κ3) is 4.95. The standard InChI is InChI=1S/C20H24ClN3O/c1-15-9-12-24(13-10-15)20(25)19-7-6-18(14-23-19)22-11-8-16-2-4-17(21)5-3-16/h2-7,14-15,22H,8-13H2,1H3. The number of benzene rings is 1. The molecule has 1 aliphatic rings. The lowest BCUT2D eigenvalue weighted by Gasteiger charge is -2.30. The number of amides is 1. The molecule has 0 aliphatic carbocycles. The lowest BCUT2D eigenvalue weighted by molar-refractivity contribution is 0.0691. The van der Waals surface area contributed by atoms with E-state index < -0.39 is 0 Å². The van der Waals surface area contributed by atoms with Crippen molar-refractivity contribution in [3.63, 3.8) is 0 Å². The van der Waals surface area contributed by atoms with Crippen molar-refractivity contribution in [1.82, 2.24) is 9.88 Å². The third-order valence-electron chi connectivity index (χ3n) is 4.71. The van der Waals surface area contributed by atoms with Crippen LogP contribution in [0.4, 0.5) is 5.69 Å². The molecule has 0 bridgehead atoms. The highest BCUT2D eigenvalue weighted by Crippen LogP contribution is 2.18. The Labute approximate surface area is 154 Å². The molecule has 1 aromatic heterocycles. The number of carbonyl (C=O) groups is 1. The molecular weight excluding hydrogens is 334 g/mol. The maximum Gasteiger partial charge on any atom is 0.272 e. The van der Waals surface area contributed by atoms with E-state index in [-0.39, 0.29) is 5.91 Å². The van der Waals surface area contributed by atoms with Crippen LogP contribution < -0.4 is 5.32 Å². The van der Waals surface area contributed by atoms with Crippen molar-refractivity contribution in [3.8, 4) is 0 Å². The number of aromatic nitrogens is 1. The van der Waals surface area contributed by atoms with Gasteiger partial charge in [0.1, 0.15) is 5.69 Å². The second-order valence-electron chi connectivity index (χ2n) is 6.71. The number of anilines is 1. The Balaban J connectivity index is 1.50. The molecule has 132 valence electrons. The van der Waals surface area contributed by atoms with Crippen molar-refractivity contribution < 1.29 is 4.79 Å². The van der Waals surface area contributed by atoms with Crippen molar-refractivity contribution in [2.24, 2.45) is 5.92 Å². The maximum atomic E-state index is 12.5. The van der Waals surface area contributed by atoms with Gasteiger partial charge in [-0.15, -0.1) is 0 Å². The van der Waals surface area contributed by atoms with E-state index in [9.17, 15) is 4.79 Å². The quantitative estimate of drug-likeness (QED) is 0.869. The van der Waals surface area contributed by atoms with Crippen LogP contribution >= 0.6 is 11.6 Å². The van der Waals surface area contributed by atoms with Crippen LogP contribution in [-0.4, -0.2) is 35.4 Å². The van der Waals surface area contributed by atoms with Gasteiger partial charge in [-0.2, -0.15) is 0 Å². The molecule has 1 aromatic carbocycles. The molecule has 2 aromatic rings. The number of likely N-dealkylation sites (tertiary alicyclic amines) is 1. The molecule has 0 atom stereocenters. The van der Waals surface area contributed by atoms with E-state index in [0.717, 1.165) is 49.6 Å². The Bertz CT molecular complexity index is 692. The maximum absolute atomic E-state index is 12.5. The minimum absolute atomic E-state index is 0.0413. The molecule has 3 rings (SSSR count). The summed E-state index contributed by atoms with van der Waals surface area (Å²) >= 11 is 5.89. The predicted molar refractivity (Wildman–Crippen MR) is 102 cm³/mol. The first-order valence-corrected chi connectivity index (χ1v) is 9.23. The van der Waals surface area contributed by atoms with Gasteiger partial charge in [0.25, 0.3) is 5.91 Å². The summed E-state index contributed by atoms with van der Waals surface area (Å²) < 4.78 is 0. The summed E-state index contributed by atoms with van der Waals surface area (Å²) in [6.45, 7) is 4.72.